The molecule has 1 N–H and O–H groups in total. The molecule has 0 radical (unpaired) electrons. The lowest BCUT2D eigenvalue weighted by Gasteiger charge is -2.19. The van der Waals surface area contributed by atoms with E-state index in [-0.39, 0.29) is 6.04 Å². The van der Waals surface area contributed by atoms with Crippen molar-refractivity contribution in [2.24, 2.45) is 0 Å². The monoisotopic (exact) mass is 314 g/mol. The average Bonchev–Trinajstić information content (AvgIpc) is 2.41. The summed E-state index contributed by atoms with van der Waals surface area (Å²) in [4.78, 5) is 4.05. The standard InChI is InChI=1S/C14H13Cl3N2/c1-2-12(9-5-6-10(15)11(16)8-9)19-13-4-3-7-18-14(13)17/h3-8,12,19H,2H2,1H3. The van der Waals surface area contributed by atoms with Crippen molar-refractivity contribution in [1.82, 2.24) is 4.98 Å². The van der Waals surface area contributed by atoms with Crippen LogP contribution < -0.4 is 5.32 Å². The van der Waals surface area contributed by atoms with E-state index >= 15 is 0 Å². The Morgan fingerprint density at radius 3 is 2.58 bits per heavy atom. The van der Waals surface area contributed by atoms with Crippen LogP contribution in [0, 0.1) is 0 Å². The number of halogens is 3. The van der Waals surface area contributed by atoms with Crippen molar-refractivity contribution >= 4 is 40.5 Å². The van der Waals surface area contributed by atoms with Gasteiger partial charge in [-0.05, 0) is 36.2 Å². The smallest absolute Gasteiger partial charge is 0.152 e. The predicted octanol–water partition coefficient (Wildman–Crippen LogP) is 5.61. The number of pyridine rings is 1. The summed E-state index contributed by atoms with van der Waals surface area (Å²) in [5.74, 6) is 0. The summed E-state index contributed by atoms with van der Waals surface area (Å²) in [5.41, 5.74) is 1.87. The summed E-state index contributed by atoms with van der Waals surface area (Å²) in [5, 5.41) is 4.93. The highest BCUT2D eigenvalue weighted by molar-refractivity contribution is 6.42. The van der Waals surface area contributed by atoms with Gasteiger partial charge in [0.15, 0.2) is 5.15 Å². The summed E-state index contributed by atoms with van der Waals surface area (Å²) in [6.07, 6.45) is 2.55. The summed E-state index contributed by atoms with van der Waals surface area (Å²) < 4.78 is 0. The average molecular weight is 316 g/mol. The molecule has 0 amide bonds. The van der Waals surface area contributed by atoms with Gasteiger partial charge < -0.3 is 5.32 Å². The minimum atomic E-state index is 0.108. The topological polar surface area (TPSA) is 24.9 Å². The zero-order valence-electron chi connectivity index (χ0n) is 10.3. The number of aromatic nitrogens is 1. The summed E-state index contributed by atoms with van der Waals surface area (Å²) >= 11 is 18.0. The summed E-state index contributed by atoms with van der Waals surface area (Å²) in [6.45, 7) is 2.09. The second kappa shape index (κ2) is 6.47. The largest absolute Gasteiger partial charge is 0.376 e. The number of hydrogen-bond donors (Lipinski definition) is 1. The molecule has 2 aromatic rings. The van der Waals surface area contributed by atoms with Gasteiger partial charge in [-0.1, -0.05) is 47.8 Å². The third-order valence-corrected chi connectivity index (χ3v) is 3.88. The van der Waals surface area contributed by atoms with Gasteiger partial charge >= 0.3 is 0 Å². The van der Waals surface area contributed by atoms with Crippen molar-refractivity contribution in [3.8, 4) is 0 Å². The first-order valence-electron chi connectivity index (χ1n) is 5.93. The molecule has 1 aromatic heterocycles. The van der Waals surface area contributed by atoms with Crippen LogP contribution in [0.2, 0.25) is 15.2 Å². The maximum absolute atomic E-state index is 6.05. The summed E-state index contributed by atoms with van der Waals surface area (Å²) in [6, 6.07) is 9.48. The van der Waals surface area contributed by atoms with Crippen LogP contribution in [-0.2, 0) is 0 Å². The third-order valence-electron chi connectivity index (χ3n) is 2.84. The highest BCUT2D eigenvalue weighted by Crippen LogP contribution is 2.30. The van der Waals surface area contributed by atoms with E-state index in [0.717, 1.165) is 17.7 Å². The highest BCUT2D eigenvalue weighted by Gasteiger charge is 2.12. The number of benzene rings is 1. The number of nitrogens with zero attached hydrogens (tertiary/aromatic N) is 1. The molecule has 0 saturated carbocycles. The fourth-order valence-corrected chi connectivity index (χ4v) is 2.31. The van der Waals surface area contributed by atoms with Gasteiger partial charge in [-0.2, -0.15) is 0 Å². The lowest BCUT2D eigenvalue weighted by molar-refractivity contribution is 0.749. The van der Waals surface area contributed by atoms with Crippen LogP contribution in [-0.4, -0.2) is 4.98 Å². The maximum atomic E-state index is 6.05. The molecule has 0 aliphatic rings. The highest BCUT2D eigenvalue weighted by atomic mass is 35.5. The fraction of sp³-hybridized carbons (Fsp3) is 0.214. The van der Waals surface area contributed by atoms with E-state index in [0.29, 0.717) is 15.2 Å². The van der Waals surface area contributed by atoms with Gasteiger partial charge in [-0.15, -0.1) is 0 Å². The maximum Gasteiger partial charge on any atom is 0.152 e. The Hall–Kier alpha value is -0.960. The van der Waals surface area contributed by atoms with E-state index < -0.39 is 0 Å². The zero-order chi connectivity index (χ0) is 13.8. The van der Waals surface area contributed by atoms with Gasteiger partial charge in [-0.25, -0.2) is 4.98 Å². The number of anilines is 1. The molecule has 2 nitrogen and oxygen atoms in total. The lowest BCUT2D eigenvalue weighted by Crippen LogP contribution is -2.10. The molecule has 1 aromatic carbocycles. The third kappa shape index (κ3) is 3.53. The van der Waals surface area contributed by atoms with E-state index in [1.807, 2.05) is 24.3 Å². The SMILES string of the molecule is CCC(Nc1cccnc1Cl)c1ccc(Cl)c(Cl)c1. The van der Waals surface area contributed by atoms with Gasteiger partial charge in [0.25, 0.3) is 0 Å². The molecule has 0 saturated heterocycles. The first kappa shape index (κ1) is 14.4. The van der Waals surface area contributed by atoms with E-state index in [9.17, 15) is 0 Å². The lowest BCUT2D eigenvalue weighted by atomic mass is 10.0. The first-order valence-corrected chi connectivity index (χ1v) is 7.07. The van der Waals surface area contributed by atoms with Crippen molar-refractivity contribution in [2.75, 3.05) is 5.32 Å². The van der Waals surface area contributed by atoms with Crippen molar-refractivity contribution < 1.29 is 0 Å². The van der Waals surface area contributed by atoms with E-state index in [1.54, 1.807) is 12.3 Å². The van der Waals surface area contributed by atoms with Crippen molar-refractivity contribution in [2.45, 2.75) is 19.4 Å². The number of rotatable bonds is 4. The van der Waals surface area contributed by atoms with E-state index in [2.05, 4.69) is 17.2 Å². The second-order valence-corrected chi connectivity index (χ2v) is 5.29. The Kier molecular flexibility index (Phi) is 4.92. The van der Waals surface area contributed by atoms with Crippen LogP contribution in [0.4, 0.5) is 5.69 Å². The molecule has 0 aliphatic carbocycles. The minimum Gasteiger partial charge on any atom is -0.376 e. The van der Waals surface area contributed by atoms with Crippen LogP contribution in [0.5, 0.6) is 0 Å². The molecule has 100 valence electrons. The molecule has 0 fully saturated rings. The van der Waals surface area contributed by atoms with Crippen molar-refractivity contribution in [3.05, 3.63) is 57.3 Å². The van der Waals surface area contributed by atoms with Crippen LogP contribution in [0.25, 0.3) is 0 Å². The first-order chi connectivity index (χ1) is 9.11. The quantitative estimate of drug-likeness (QED) is 0.742. The molecule has 1 heterocycles. The molecular weight excluding hydrogens is 303 g/mol. The molecule has 5 heteroatoms. The van der Waals surface area contributed by atoms with Crippen LogP contribution >= 0.6 is 34.8 Å². The van der Waals surface area contributed by atoms with E-state index in [4.69, 9.17) is 34.8 Å². The van der Waals surface area contributed by atoms with Crippen LogP contribution in [0.15, 0.2) is 36.5 Å². The van der Waals surface area contributed by atoms with Gasteiger partial charge in [0.1, 0.15) is 0 Å². The number of nitrogens with one attached hydrogen (secondary N) is 1. The fourth-order valence-electron chi connectivity index (χ4n) is 1.83. The summed E-state index contributed by atoms with van der Waals surface area (Å²) in [7, 11) is 0. The molecule has 1 atom stereocenters. The van der Waals surface area contributed by atoms with Gasteiger partial charge in [0.05, 0.1) is 21.8 Å². The Bertz CT molecular complexity index is 572. The predicted molar refractivity (Wildman–Crippen MR) is 82.4 cm³/mol. The van der Waals surface area contributed by atoms with Crippen molar-refractivity contribution in [3.63, 3.8) is 0 Å². The van der Waals surface area contributed by atoms with Crippen LogP contribution in [0.3, 0.4) is 0 Å². The number of hydrogen-bond acceptors (Lipinski definition) is 2. The Morgan fingerprint density at radius 1 is 1.16 bits per heavy atom. The molecule has 0 spiro atoms. The van der Waals surface area contributed by atoms with Gasteiger partial charge in [-0.3, -0.25) is 0 Å². The van der Waals surface area contributed by atoms with Crippen LogP contribution in [0.1, 0.15) is 24.9 Å². The molecule has 1 unspecified atom stereocenters. The molecule has 19 heavy (non-hydrogen) atoms. The van der Waals surface area contributed by atoms with Gasteiger partial charge in [0, 0.05) is 6.20 Å². The second-order valence-electron chi connectivity index (χ2n) is 4.12. The molecule has 0 aliphatic heterocycles. The van der Waals surface area contributed by atoms with Gasteiger partial charge in [0.2, 0.25) is 0 Å². The Labute approximate surface area is 127 Å². The molecule has 2 rings (SSSR count). The normalized spacial score (nSPS) is 12.2. The van der Waals surface area contributed by atoms with Crippen molar-refractivity contribution in [1.29, 1.82) is 0 Å². The molecular formula is C14H13Cl3N2. The Balaban J connectivity index is 2.25. The minimum absolute atomic E-state index is 0.108. The Morgan fingerprint density at radius 2 is 1.95 bits per heavy atom. The zero-order valence-corrected chi connectivity index (χ0v) is 12.6. The molecule has 0 bridgehead atoms. The van der Waals surface area contributed by atoms with E-state index in [1.165, 1.54) is 0 Å².